The average molecular weight is 326 g/mol. The Hall–Kier alpha value is -1.28. The smallest absolute Gasteiger partial charge is 0.241 e. The molecule has 7 heteroatoms. The van der Waals surface area contributed by atoms with Crippen molar-refractivity contribution >= 4 is 21.4 Å². The van der Waals surface area contributed by atoms with Crippen LogP contribution in [-0.4, -0.2) is 18.5 Å². The van der Waals surface area contributed by atoms with Crippen LogP contribution in [0, 0.1) is 20.8 Å². The number of benzene rings is 1. The zero-order chi connectivity index (χ0) is 15.6. The molecule has 2 N–H and O–H groups in total. The molecule has 0 saturated heterocycles. The predicted molar refractivity (Wildman–Crippen MR) is 82.7 cm³/mol. The van der Waals surface area contributed by atoms with E-state index in [0.717, 1.165) is 15.4 Å². The number of thiazole rings is 1. The second kappa shape index (κ2) is 6.23. The van der Waals surface area contributed by atoms with Crippen LogP contribution in [0.25, 0.3) is 0 Å². The molecule has 0 saturated carbocycles. The van der Waals surface area contributed by atoms with Crippen LogP contribution in [0.5, 0.6) is 0 Å². The number of rotatable bonds is 5. The Balaban J connectivity index is 2.27. The van der Waals surface area contributed by atoms with Gasteiger partial charge in [0.2, 0.25) is 10.0 Å². The second-order valence-corrected chi connectivity index (χ2v) is 7.93. The number of aryl methyl sites for hydroxylation is 3. The normalized spacial score (nSPS) is 11.8. The van der Waals surface area contributed by atoms with E-state index in [2.05, 4.69) is 9.71 Å². The molecule has 1 aromatic heterocycles. The molecule has 0 amide bonds. The van der Waals surface area contributed by atoms with Crippen LogP contribution in [0.15, 0.2) is 23.2 Å². The maximum absolute atomic E-state index is 12.4. The second-order valence-electron chi connectivity index (χ2n) is 4.87. The number of aliphatic hydroxyl groups excluding tert-OH is 1. The predicted octanol–water partition coefficient (Wildman–Crippen LogP) is 2.04. The molecule has 0 radical (unpaired) electrons. The third-order valence-corrected chi connectivity index (χ3v) is 5.65. The maximum Gasteiger partial charge on any atom is 0.241 e. The fourth-order valence-corrected chi connectivity index (χ4v) is 4.17. The Bertz CT molecular complexity index is 752. The first kappa shape index (κ1) is 16.1. The highest BCUT2D eigenvalue weighted by atomic mass is 32.2. The summed E-state index contributed by atoms with van der Waals surface area (Å²) in [5, 5.41) is 10.2. The summed E-state index contributed by atoms with van der Waals surface area (Å²) >= 11 is 1.46. The Morgan fingerprint density at radius 1 is 1.24 bits per heavy atom. The molecule has 0 unspecified atom stereocenters. The van der Waals surface area contributed by atoms with Crippen LogP contribution in [-0.2, 0) is 23.2 Å². The monoisotopic (exact) mass is 326 g/mol. The molecule has 0 aliphatic carbocycles. The fourth-order valence-electron chi connectivity index (χ4n) is 2.07. The lowest BCUT2D eigenvalue weighted by atomic mass is 10.1. The quantitative estimate of drug-likeness (QED) is 0.881. The van der Waals surface area contributed by atoms with Gasteiger partial charge in [0.1, 0.15) is 0 Å². The number of aromatic nitrogens is 1. The molecular weight excluding hydrogens is 308 g/mol. The molecule has 1 aromatic carbocycles. The van der Waals surface area contributed by atoms with Gasteiger partial charge in [-0.1, -0.05) is 6.07 Å². The first-order valence-corrected chi connectivity index (χ1v) is 8.75. The molecule has 21 heavy (non-hydrogen) atoms. The fraction of sp³-hybridized carbons (Fsp3) is 0.357. The molecular formula is C14H18N2O3S2. The molecule has 5 nitrogen and oxygen atoms in total. The van der Waals surface area contributed by atoms with Gasteiger partial charge in [0.05, 0.1) is 16.5 Å². The minimum Gasteiger partial charge on any atom is -0.392 e. The Morgan fingerprint density at radius 3 is 2.52 bits per heavy atom. The van der Waals surface area contributed by atoms with Crippen LogP contribution in [0.2, 0.25) is 0 Å². The maximum atomic E-state index is 12.4. The van der Waals surface area contributed by atoms with Crippen molar-refractivity contribution in [1.29, 1.82) is 0 Å². The summed E-state index contributed by atoms with van der Waals surface area (Å²) in [6, 6.07) is 3.31. The van der Waals surface area contributed by atoms with Gasteiger partial charge in [0, 0.05) is 17.6 Å². The van der Waals surface area contributed by atoms with Crippen LogP contribution in [0.1, 0.15) is 26.6 Å². The van der Waals surface area contributed by atoms with Gasteiger partial charge < -0.3 is 5.11 Å². The van der Waals surface area contributed by atoms with E-state index < -0.39 is 10.0 Å². The summed E-state index contributed by atoms with van der Waals surface area (Å²) < 4.78 is 27.4. The molecule has 0 atom stereocenters. The summed E-state index contributed by atoms with van der Waals surface area (Å²) in [6.45, 7) is 5.51. The lowest BCUT2D eigenvalue weighted by molar-refractivity contribution is 0.280. The minimum atomic E-state index is -3.61. The third-order valence-electron chi connectivity index (χ3n) is 3.20. The summed E-state index contributed by atoms with van der Waals surface area (Å²) in [6.07, 6.45) is 1.67. The van der Waals surface area contributed by atoms with Crippen molar-refractivity contribution in [1.82, 2.24) is 9.71 Å². The van der Waals surface area contributed by atoms with Crippen molar-refractivity contribution < 1.29 is 13.5 Å². The van der Waals surface area contributed by atoms with E-state index in [1.54, 1.807) is 19.2 Å². The first-order valence-electron chi connectivity index (χ1n) is 6.45. The third kappa shape index (κ3) is 3.68. The number of hydrogen-bond acceptors (Lipinski definition) is 5. The summed E-state index contributed by atoms with van der Waals surface area (Å²) in [5.74, 6) is 0. The lowest BCUT2D eigenvalue weighted by Crippen LogP contribution is -2.24. The van der Waals surface area contributed by atoms with Crippen molar-refractivity contribution in [2.24, 2.45) is 0 Å². The largest absolute Gasteiger partial charge is 0.392 e. The zero-order valence-corrected chi connectivity index (χ0v) is 13.8. The highest BCUT2D eigenvalue weighted by Crippen LogP contribution is 2.21. The topological polar surface area (TPSA) is 79.3 Å². The first-order chi connectivity index (χ1) is 9.83. The summed E-state index contributed by atoms with van der Waals surface area (Å²) in [4.78, 5) is 5.17. The van der Waals surface area contributed by atoms with E-state index in [1.165, 1.54) is 17.4 Å². The number of aliphatic hydroxyl groups is 1. The number of sulfonamides is 1. The Kier molecular flexibility index (Phi) is 4.77. The Labute approximate surface area is 128 Å². The van der Waals surface area contributed by atoms with E-state index in [-0.39, 0.29) is 18.0 Å². The van der Waals surface area contributed by atoms with E-state index in [9.17, 15) is 13.5 Å². The van der Waals surface area contributed by atoms with E-state index in [0.29, 0.717) is 11.1 Å². The molecule has 0 spiro atoms. The van der Waals surface area contributed by atoms with Gasteiger partial charge in [-0.2, -0.15) is 0 Å². The molecule has 2 rings (SSSR count). The summed E-state index contributed by atoms with van der Waals surface area (Å²) in [7, 11) is -3.61. The van der Waals surface area contributed by atoms with Crippen molar-refractivity contribution in [3.8, 4) is 0 Å². The van der Waals surface area contributed by atoms with Gasteiger partial charge >= 0.3 is 0 Å². The molecule has 0 aliphatic rings. The zero-order valence-electron chi connectivity index (χ0n) is 12.2. The Morgan fingerprint density at radius 2 is 1.95 bits per heavy atom. The highest BCUT2D eigenvalue weighted by Gasteiger charge is 2.18. The van der Waals surface area contributed by atoms with Crippen LogP contribution >= 0.6 is 11.3 Å². The SMILES string of the molecule is Cc1ncc(CNS(=O)(=O)c2cc(CO)c(C)cc2C)s1. The van der Waals surface area contributed by atoms with Gasteiger partial charge in [-0.05, 0) is 43.5 Å². The average Bonchev–Trinajstić information content (AvgIpc) is 2.82. The molecule has 0 bridgehead atoms. The molecule has 0 aliphatic heterocycles. The molecule has 2 aromatic rings. The molecule has 0 fully saturated rings. The lowest BCUT2D eigenvalue weighted by Gasteiger charge is -2.12. The van der Waals surface area contributed by atoms with Crippen molar-refractivity contribution in [3.63, 3.8) is 0 Å². The van der Waals surface area contributed by atoms with Crippen LogP contribution in [0.4, 0.5) is 0 Å². The van der Waals surface area contributed by atoms with E-state index in [1.807, 2.05) is 13.8 Å². The van der Waals surface area contributed by atoms with Gasteiger partial charge in [-0.3, -0.25) is 0 Å². The van der Waals surface area contributed by atoms with Gasteiger partial charge in [0.15, 0.2) is 0 Å². The van der Waals surface area contributed by atoms with Crippen molar-refractivity contribution in [2.75, 3.05) is 0 Å². The van der Waals surface area contributed by atoms with E-state index >= 15 is 0 Å². The number of hydrogen-bond donors (Lipinski definition) is 2. The molecule has 114 valence electrons. The summed E-state index contributed by atoms with van der Waals surface area (Å²) in [5.41, 5.74) is 2.17. The van der Waals surface area contributed by atoms with Crippen molar-refractivity contribution in [3.05, 3.63) is 44.9 Å². The highest BCUT2D eigenvalue weighted by molar-refractivity contribution is 7.89. The van der Waals surface area contributed by atoms with Crippen molar-refractivity contribution in [2.45, 2.75) is 38.8 Å². The van der Waals surface area contributed by atoms with Gasteiger partial charge in [0.25, 0.3) is 0 Å². The van der Waals surface area contributed by atoms with E-state index in [4.69, 9.17) is 0 Å². The minimum absolute atomic E-state index is 0.178. The number of nitrogens with zero attached hydrogens (tertiary/aromatic N) is 1. The number of nitrogens with one attached hydrogen (secondary N) is 1. The van der Waals surface area contributed by atoms with Gasteiger partial charge in [-0.25, -0.2) is 18.1 Å². The van der Waals surface area contributed by atoms with Crippen LogP contribution < -0.4 is 4.72 Å². The van der Waals surface area contributed by atoms with Crippen LogP contribution in [0.3, 0.4) is 0 Å². The van der Waals surface area contributed by atoms with Gasteiger partial charge in [-0.15, -0.1) is 11.3 Å². The molecule has 1 heterocycles. The standard InChI is InChI=1S/C14H18N2O3S2/c1-9-4-10(2)14(5-12(9)8-17)21(18,19)16-7-13-6-15-11(3)20-13/h4-6,16-17H,7-8H2,1-3H3.